The van der Waals surface area contributed by atoms with E-state index in [0.29, 0.717) is 28.2 Å². The first-order valence-corrected chi connectivity index (χ1v) is 13.3. The van der Waals surface area contributed by atoms with Crippen LogP contribution in [0.5, 0.6) is 0 Å². The molecular weight excluding hydrogens is 513 g/mol. The van der Waals surface area contributed by atoms with Gasteiger partial charge in [-0.25, -0.2) is 19.0 Å². The number of aliphatic hydroxyl groups excluding tert-OH is 1. The fourth-order valence-electron chi connectivity index (χ4n) is 5.74. The van der Waals surface area contributed by atoms with Gasteiger partial charge in [-0.2, -0.15) is 4.58 Å². The fraction of sp³-hybridized carbons (Fsp3) is 0.370. The fourth-order valence-corrected chi connectivity index (χ4v) is 7.01. The van der Waals surface area contributed by atoms with Crippen molar-refractivity contribution in [2.75, 3.05) is 19.4 Å². The molecule has 1 aromatic carbocycles. The number of amides is 1. The highest BCUT2D eigenvalue weighted by Gasteiger charge is 2.46. The Morgan fingerprint density at radius 1 is 1.37 bits per heavy atom. The van der Waals surface area contributed by atoms with Crippen LogP contribution in [0.2, 0.25) is 0 Å². The minimum Gasteiger partial charge on any atom is -0.458 e. The second-order valence-corrected chi connectivity index (χ2v) is 10.9. The molecule has 11 heteroatoms. The third kappa shape index (κ3) is 3.28. The molecular formula is C27H25FN3O6S+. The number of carbonyl (C=O) groups excluding carboxylic acids is 2. The van der Waals surface area contributed by atoms with Crippen molar-refractivity contribution in [2.24, 2.45) is 0 Å². The zero-order valence-corrected chi connectivity index (χ0v) is 21.8. The molecule has 0 fully saturated rings. The van der Waals surface area contributed by atoms with Crippen molar-refractivity contribution in [3.63, 3.8) is 0 Å². The number of hydrogen-bond acceptors (Lipinski definition) is 8. The number of thioether (sulfide) groups is 1. The molecule has 6 rings (SSSR count). The van der Waals surface area contributed by atoms with E-state index in [1.54, 1.807) is 37.7 Å². The second-order valence-electron chi connectivity index (χ2n) is 9.89. The van der Waals surface area contributed by atoms with E-state index in [0.717, 1.165) is 21.4 Å². The molecule has 9 nitrogen and oxygen atoms in total. The molecule has 0 saturated carbocycles. The molecule has 3 aliphatic rings. The first kappa shape index (κ1) is 24.9. The molecule has 5 heterocycles. The number of nitrogens with zero attached hydrogens (tertiary/aromatic N) is 3. The summed E-state index contributed by atoms with van der Waals surface area (Å²) in [5.41, 5.74) is 1.54. The highest BCUT2D eigenvalue weighted by Crippen LogP contribution is 2.48. The third-order valence-electron chi connectivity index (χ3n) is 7.87. The monoisotopic (exact) mass is 538 g/mol. The first-order chi connectivity index (χ1) is 18.1. The molecule has 0 aliphatic carbocycles. The number of esters is 1. The highest BCUT2D eigenvalue weighted by atomic mass is 32.2. The van der Waals surface area contributed by atoms with Gasteiger partial charge in [-0.15, -0.1) is 11.8 Å². The number of ether oxygens (including phenoxy) is 1. The number of pyridine rings is 2. The molecule has 2 atom stereocenters. The predicted octanol–water partition coefficient (Wildman–Crippen LogP) is 1.95. The van der Waals surface area contributed by atoms with Crippen molar-refractivity contribution in [1.29, 1.82) is 0 Å². The predicted molar refractivity (Wildman–Crippen MR) is 137 cm³/mol. The molecule has 0 radical (unpaired) electrons. The van der Waals surface area contributed by atoms with E-state index in [4.69, 9.17) is 9.72 Å². The Hall–Kier alpha value is -3.41. The van der Waals surface area contributed by atoms with Crippen molar-refractivity contribution >= 4 is 40.8 Å². The Kier molecular flexibility index (Phi) is 5.60. The minimum absolute atomic E-state index is 0.0261. The molecule has 1 unspecified atom stereocenters. The lowest BCUT2D eigenvalue weighted by atomic mass is 9.85. The molecule has 3 aliphatic heterocycles. The lowest BCUT2D eigenvalue weighted by Crippen LogP contribution is -2.44. The van der Waals surface area contributed by atoms with Crippen LogP contribution in [0.15, 0.2) is 21.8 Å². The summed E-state index contributed by atoms with van der Waals surface area (Å²) < 4.78 is 23.0. The third-order valence-corrected chi connectivity index (χ3v) is 9.19. The summed E-state index contributed by atoms with van der Waals surface area (Å²) in [6.45, 7) is 2.68. The lowest BCUT2D eigenvalue weighted by molar-refractivity contribution is -0.417. The van der Waals surface area contributed by atoms with Gasteiger partial charge in [-0.1, -0.05) is 6.92 Å². The van der Waals surface area contributed by atoms with Crippen LogP contribution in [0.3, 0.4) is 0 Å². The molecule has 2 N–H and O–H groups in total. The molecule has 0 bridgehead atoms. The van der Waals surface area contributed by atoms with E-state index < -0.39 is 29.9 Å². The SMILES string of the molecule is CC[C@@]1(O)C(=O)OCc2c1cc1n(c2=O)Cc2c-1nc1cc(F)c(C)c3c1c2C(C=[N+](C)C(=O)CO)CS3. The van der Waals surface area contributed by atoms with Crippen molar-refractivity contribution in [3.05, 3.63) is 56.1 Å². The number of hydrogen-bond donors (Lipinski definition) is 2. The first-order valence-electron chi connectivity index (χ1n) is 12.3. The van der Waals surface area contributed by atoms with Gasteiger partial charge in [0.15, 0.2) is 18.4 Å². The van der Waals surface area contributed by atoms with Gasteiger partial charge in [0.25, 0.3) is 5.56 Å². The van der Waals surface area contributed by atoms with Crippen molar-refractivity contribution in [3.8, 4) is 11.4 Å². The maximum absolute atomic E-state index is 15.0. The summed E-state index contributed by atoms with van der Waals surface area (Å²) in [6.07, 6.45) is 1.76. The van der Waals surface area contributed by atoms with Crippen molar-refractivity contribution in [1.82, 2.24) is 9.55 Å². The van der Waals surface area contributed by atoms with Gasteiger partial charge in [-0.05, 0) is 30.5 Å². The van der Waals surface area contributed by atoms with Gasteiger partial charge < -0.3 is 19.5 Å². The number of halogens is 1. The van der Waals surface area contributed by atoms with E-state index >= 15 is 0 Å². The molecule has 0 saturated heterocycles. The van der Waals surface area contributed by atoms with E-state index in [1.165, 1.54) is 22.4 Å². The molecule has 196 valence electrons. The van der Waals surface area contributed by atoms with Crippen LogP contribution in [-0.2, 0) is 33.1 Å². The van der Waals surface area contributed by atoms with Crippen molar-refractivity contribution < 1.29 is 33.5 Å². The highest BCUT2D eigenvalue weighted by molar-refractivity contribution is 7.99. The molecule has 2 aromatic heterocycles. The maximum Gasteiger partial charge on any atom is 0.411 e. The average molecular weight is 539 g/mol. The Labute approximate surface area is 220 Å². The van der Waals surface area contributed by atoms with Crippen LogP contribution in [0.1, 0.15) is 47.1 Å². The van der Waals surface area contributed by atoms with E-state index in [2.05, 4.69) is 0 Å². The summed E-state index contributed by atoms with van der Waals surface area (Å²) >= 11 is 1.48. The summed E-state index contributed by atoms with van der Waals surface area (Å²) in [5.74, 6) is -1.42. The zero-order chi connectivity index (χ0) is 27.1. The van der Waals surface area contributed by atoms with Gasteiger partial charge in [0, 0.05) is 33.2 Å². The second kappa shape index (κ2) is 8.55. The molecule has 38 heavy (non-hydrogen) atoms. The standard InChI is InChI=1S/C27H25FN3O6S/c1-4-27(36)16-5-19-23-14(8-31(19)25(34)15(16)10-37-26(27)35)21-13(7-30(3)20(33)9-32)11-38-24-12(2)17(28)6-18(29-23)22(21)24/h5-7,13,32,36H,4,8-11H2,1-3H3/q+1/t13?,27-/m0/s1. The van der Waals surface area contributed by atoms with Gasteiger partial charge in [0.05, 0.1) is 34.9 Å². The molecule has 1 amide bonds. The van der Waals surface area contributed by atoms with Crippen LogP contribution in [0.4, 0.5) is 4.39 Å². The summed E-state index contributed by atoms with van der Waals surface area (Å²) in [7, 11) is 1.57. The van der Waals surface area contributed by atoms with Crippen LogP contribution in [0, 0.1) is 12.7 Å². The quantitative estimate of drug-likeness (QED) is 0.231. The summed E-state index contributed by atoms with van der Waals surface area (Å²) in [4.78, 5) is 43.9. The smallest absolute Gasteiger partial charge is 0.411 e. The number of rotatable bonds is 3. The average Bonchev–Trinajstić information content (AvgIpc) is 3.28. The minimum atomic E-state index is -1.95. The van der Waals surface area contributed by atoms with E-state index in [1.807, 2.05) is 0 Å². The molecule has 0 spiro atoms. The largest absolute Gasteiger partial charge is 0.458 e. The van der Waals surface area contributed by atoms with Crippen LogP contribution >= 0.6 is 11.8 Å². The zero-order valence-electron chi connectivity index (χ0n) is 21.0. The Balaban J connectivity index is 1.67. The Bertz CT molecular complexity index is 1700. The lowest BCUT2D eigenvalue weighted by Gasteiger charge is -2.31. The van der Waals surface area contributed by atoms with Crippen LogP contribution in [-0.4, -0.2) is 61.8 Å². The normalized spacial score (nSPS) is 21.7. The molecule has 3 aromatic rings. The number of aromatic nitrogens is 2. The van der Waals surface area contributed by atoms with Crippen LogP contribution in [0.25, 0.3) is 22.3 Å². The van der Waals surface area contributed by atoms with Gasteiger partial charge in [-0.3, -0.25) is 4.79 Å². The topological polar surface area (TPSA) is 122 Å². The summed E-state index contributed by atoms with van der Waals surface area (Å²) in [6, 6.07) is 3.00. The number of likely N-dealkylation sites (N-methyl/N-ethyl adjacent to an activating group) is 1. The summed E-state index contributed by atoms with van der Waals surface area (Å²) in [5, 5.41) is 21.3. The van der Waals surface area contributed by atoms with Gasteiger partial charge in [0.2, 0.25) is 0 Å². The Morgan fingerprint density at radius 3 is 2.84 bits per heavy atom. The number of cyclic esters (lactones) is 1. The number of carbonyl (C=O) groups is 2. The van der Waals surface area contributed by atoms with E-state index in [-0.39, 0.29) is 42.2 Å². The van der Waals surface area contributed by atoms with Gasteiger partial charge in [0.1, 0.15) is 19.5 Å². The van der Waals surface area contributed by atoms with Gasteiger partial charge >= 0.3 is 11.9 Å². The van der Waals surface area contributed by atoms with Crippen LogP contribution < -0.4 is 5.56 Å². The number of benzene rings is 1. The number of aliphatic hydroxyl groups is 2. The van der Waals surface area contributed by atoms with E-state index in [9.17, 15) is 29.0 Å². The Morgan fingerprint density at radius 2 is 2.13 bits per heavy atom. The number of fused-ring (bicyclic) bond motifs is 5. The van der Waals surface area contributed by atoms with Crippen molar-refractivity contribution in [2.45, 2.75) is 49.8 Å². The maximum atomic E-state index is 15.0.